The Morgan fingerprint density at radius 2 is 1.86 bits per heavy atom. The third-order valence-electron chi connectivity index (χ3n) is 4.34. The van der Waals surface area contributed by atoms with Gasteiger partial charge in [0.2, 0.25) is 5.95 Å². The van der Waals surface area contributed by atoms with Crippen LogP contribution >= 0.6 is 0 Å². The van der Waals surface area contributed by atoms with E-state index in [0.717, 1.165) is 24.8 Å². The Labute approximate surface area is 167 Å². The molecule has 8 heteroatoms. The molecule has 1 aliphatic heterocycles. The van der Waals surface area contributed by atoms with Crippen LogP contribution in [0.3, 0.4) is 0 Å². The summed E-state index contributed by atoms with van der Waals surface area (Å²) in [6.07, 6.45) is 3.06. The van der Waals surface area contributed by atoms with Gasteiger partial charge in [-0.3, -0.25) is 0 Å². The minimum atomic E-state index is -0.508. The highest BCUT2D eigenvalue weighted by molar-refractivity contribution is 5.56. The second-order valence-corrected chi connectivity index (χ2v) is 6.41. The van der Waals surface area contributed by atoms with E-state index < -0.39 is 5.82 Å². The number of nitrogens with one attached hydrogen (secondary N) is 1. The summed E-state index contributed by atoms with van der Waals surface area (Å²) in [5.41, 5.74) is 1.69. The molecule has 0 amide bonds. The van der Waals surface area contributed by atoms with Gasteiger partial charge in [-0.15, -0.1) is 0 Å². The summed E-state index contributed by atoms with van der Waals surface area (Å²) in [7, 11) is 0. The molecule has 1 aliphatic rings. The smallest absolute Gasteiger partial charge is 0.227 e. The molecule has 7 nitrogen and oxygen atoms in total. The lowest BCUT2D eigenvalue weighted by atomic mass is 10.2. The number of hydrogen-bond acceptors (Lipinski definition) is 7. The lowest BCUT2D eigenvalue weighted by Crippen LogP contribution is -2.36. The maximum atomic E-state index is 13.5. The molecule has 3 aromatic rings. The summed E-state index contributed by atoms with van der Waals surface area (Å²) in [5, 5.41) is 11.8. The molecule has 29 heavy (non-hydrogen) atoms. The van der Waals surface area contributed by atoms with Gasteiger partial charge in [0.25, 0.3) is 0 Å². The van der Waals surface area contributed by atoms with Gasteiger partial charge in [-0.05, 0) is 30.3 Å². The number of morpholine rings is 1. The lowest BCUT2D eigenvalue weighted by Gasteiger charge is -2.29. The van der Waals surface area contributed by atoms with Crippen molar-refractivity contribution in [3.63, 3.8) is 0 Å². The first-order chi connectivity index (χ1) is 14.2. The summed E-state index contributed by atoms with van der Waals surface area (Å²) in [6, 6.07) is 13.7. The maximum Gasteiger partial charge on any atom is 0.227 e. The minimum absolute atomic E-state index is 0.215. The number of anilines is 3. The molecule has 0 aliphatic carbocycles. The van der Waals surface area contributed by atoms with Crippen molar-refractivity contribution < 1.29 is 13.9 Å². The molecule has 1 saturated heterocycles. The van der Waals surface area contributed by atoms with Crippen molar-refractivity contribution in [2.45, 2.75) is 0 Å². The molecule has 4 rings (SSSR count). The first-order valence-corrected chi connectivity index (χ1v) is 9.10. The zero-order valence-electron chi connectivity index (χ0n) is 15.5. The molecular weight excluding hydrogens is 373 g/mol. The van der Waals surface area contributed by atoms with Crippen LogP contribution in [-0.2, 0) is 4.74 Å². The van der Waals surface area contributed by atoms with Crippen LogP contribution in [0, 0.1) is 17.1 Å². The zero-order valence-corrected chi connectivity index (χ0v) is 15.5. The Kier molecular flexibility index (Phi) is 5.49. The Morgan fingerprint density at radius 3 is 2.62 bits per heavy atom. The van der Waals surface area contributed by atoms with E-state index in [9.17, 15) is 4.39 Å². The highest BCUT2D eigenvalue weighted by Crippen LogP contribution is 2.26. The molecule has 0 atom stereocenters. The first kappa shape index (κ1) is 18.7. The molecule has 2 heterocycles. The topological polar surface area (TPSA) is 83.3 Å². The fraction of sp³-hybridized carbons (Fsp3) is 0.190. The number of halogens is 1. The maximum absolute atomic E-state index is 13.5. The second-order valence-electron chi connectivity index (χ2n) is 6.41. The van der Waals surface area contributed by atoms with Crippen LogP contribution in [0.4, 0.5) is 21.7 Å². The summed E-state index contributed by atoms with van der Waals surface area (Å²) in [4.78, 5) is 10.6. The molecule has 146 valence electrons. The van der Waals surface area contributed by atoms with E-state index in [-0.39, 0.29) is 11.5 Å². The van der Waals surface area contributed by atoms with E-state index in [0.29, 0.717) is 30.4 Å². The number of ether oxygens (including phenoxy) is 2. The number of aromatic nitrogens is 2. The Morgan fingerprint density at radius 1 is 1.07 bits per heavy atom. The van der Waals surface area contributed by atoms with Gasteiger partial charge < -0.3 is 19.7 Å². The number of nitrogens with zero attached hydrogens (tertiary/aromatic N) is 4. The van der Waals surface area contributed by atoms with Crippen molar-refractivity contribution >= 4 is 17.3 Å². The standard InChI is InChI=1S/C21H18FN5O2/c22-16-8-15(12-23)9-17(10-16)26-21-24-13-20(14-25-21)29-19-3-1-2-18(11-19)27-4-6-28-7-5-27/h1-3,8-11,13-14H,4-7H2,(H,24,25,26). The predicted molar refractivity (Wildman–Crippen MR) is 106 cm³/mol. The van der Waals surface area contributed by atoms with E-state index >= 15 is 0 Å². The van der Waals surface area contributed by atoms with Crippen LogP contribution in [0.2, 0.25) is 0 Å². The Bertz CT molecular complexity index is 1030. The largest absolute Gasteiger partial charge is 0.454 e. The molecule has 0 radical (unpaired) electrons. The lowest BCUT2D eigenvalue weighted by molar-refractivity contribution is 0.122. The fourth-order valence-corrected chi connectivity index (χ4v) is 2.99. The average molecular weight is 391 g/mol. The van der Waals surface area contributed by atoms with Gasteiger partial charge in [-0.1, -0.05) is 6.07 Å². The van der Waals surface area contributed by atoms with Crippen molar-refractivity contribution in [2.24, 2.45) is 0 Å². The number of benzene rings is 2. The molecule has 2 aromatic carbocycles. The average Bonchev–Trinajstić information content (AvgIpc) is 2.75. The van der Waals surface area contributed by atoms with E-state index in [1.165, 1.54) is 24.5 Å². The van der Waals surface area contributed by atoms with Crippen molar-refractivity contribution in [3.05, 3.63) is 66.2 Å². The molecule has 0 unspecified atom stereocenters. The molecular formula is C21H18FN5O2. The van der Waals surface area contributed by atoms with Gasteiger partial charge in [0, 0.05) is 30.5 Å². The van der Waals surface area contributed by atoms with E-state index in [1.807, 2.05) is 30.3 Å². The van der Waals surface area contributed by atoms with Crippen LogP contribution in [0.25, 0.3) is 0 Å². The van der Waals surface area contributed by atoms with Crippen LogP contribution in [0.5, 0.6) is 11.5 Å². The van der Waals surface area contributed by atoms with Crippen LogP contribution in [-0.4, -0.2) is 36.3 Å². The van der Waals surface area contributed by atoms with Gasteiger partial charge in [0.1, 0.15) is 11.6 Å². The zero-order chi connectivity index (χ0) is 20.1. The third kappa shape index (κ3) is 4.78. The summed E-state index contributed by atoms with van der Waals surface area (Å²) in [5.74, 6) is 0.925. The highest BCUT2D eigenvalue weighted by Gasteiger charge is 2.12. The van der Waals surface area contributed by atoms with E-state index in [4.69, 9.17) is 14.7 Å². The third-order valence-corrected chi connectivity index (χ3v) is 4.34. The number of rotatable bonds is 5. The quantitative estimate of drug-likeness (QED) is 0.707. The highest BCUT2D eigenvalue weighted by atomic mass is 19.1. The van der Waals surface area contributed by atoms with E-state index in [1.54, 1.807) is 0 Å². The number of hydrogen-bond donors (Lipinski definition) is 1. The number of nitriles is 1. The summed E-state index contributed by atoms with van der Waals surface area (Å²) in [6.45, 7) is 3.13. The molecule has 1 fully saturated rings. The Balaban J connectivity index is 1.43. The van der Waals surface area contributed by atoms with E-state index in [2.05, 4.69) is 20.2 Å². The van der Waals surface area contributed by atoms with Crippen molar-refractivity contribution in [1.82, 2.24) is 9.97 Å². The van der Waals surface area contributed by atoms with Gasteiger partial charge in [-0.2, -0.15) is 5.26 Å². The van der Waals surface area contributed by atoms with Crippen molar-refractivity contribution in [3.8, 4) is 17.6 Å². The summed E-state index contributed by atoms with van der Waals surface area (Å²) < 4.78 is 24.8. The van der Waals surface area contributed by atoms with Gasteiger partial charge in [0.05, 0.1) is 37.2 Å². The normalized spacial score (nSPS) is 13.6. The molecule has 1 N–H and O–H groups in total. The summed E-state index contributed by atoms with van der Waals surface area (Å²) >= 11 is 0. The van der Waals surface area contributed by atoms with Crippen LogP contribution in [0.1, 0.15) is 5.56 Å². The van der Waals surface area contributed by atoms with Gasteiger partial charge >= 0.3 is 0 Å². The molecule has 0 saturated carbocycles. The van der Waals surface area contributed by atoms with Gasteiger partial charge in [-0.25, -0.2) is 14.4 Å². The minimum Gasteiger partial charge on any atom is -0.454 e. The van der Waals surface area contributed by atoms with Crippen molar-refractivity contribution in [2.75, 3.05) is 36.5 Å². The van der Waals surface area contributed by atoms with Crippen LogP contribution < -0.4 is 15.0 Å². The predicted octanol–water partition coefficient (Wildman–Crippen LogP) is 3.86. The SMILES string of the molecule is N#Cc1cc(F)cc(Nc2ncc(Oc3cccc(N4CCOCC4)c3)cn2)c1. The fourth-order valence-electron chi connectivity index (χ4n) is 2.99. The second kappa shape index (κ2) is 8.54. The van der Waals surface area contributed by atoms with Crippen LogP contribution in [0.15, 0.2) is 54.9 Å². The monoisotopic (exact) mass is 391 g/mol. The molecule has 1 aromatic heterocycles. The van der Waals surface area contributed by atoms with Crippen molar-refractivity contribution in [1.29, 1.82) is 5.26 Å². The Hall–Kier alpha value is -3.70. The molecule has 0 bridgehead atoms. The van der Waals surface area contributed by atoms with Gasteiger partial charge in [0.15, 0.2) is 5.75 Å². The molecule has 0 spiro atoms. The first-order valence-electron chi connectivity index (χ1n) is 9.10.